The van der Waals surface area contributed by atoms with Gasteiger partial charge in [0.1, 0.15) is 5.69 Å². The Morgan fingerprint density at radius 2 is 1.95 bits per heavy atom. The van der Waals surface area contributed by atoms with Crippen molar-refractivity contribution in [1.82, 2.24) is 15.1 Å². The van der Waals surface area contributed by atoms with Gasteiger partial charge in [-0.25, -0.2) is 4.98 Å². The highest BCUT2D eigenvalue weighted by Crippen LogP contribution is 2.31. The van der Waals surface area contributed by atoms with Crippen LogP contribution in [-0.4, -0.2) is 15.1 Å². The lowest BCUT2D eigenvalue weighted by atomic mass is 9.89. The molecule has 0 unspecified atom stereocenters. The maximum Gasteiger partial charge on any atom is 0.276 e. The zero-order valence-electron chi connectivity index (χ0n) is 10.6. The number of nitrogens with two attached hydrogens (primary N) is 1. The van der Waals surface area contributed by atoms with Crippen molar-refractivity contribution in [2.24, 2.45) is 0 Å². The summed E-state index contributed by atoms with van der Waals surface area (Å²) in [6, 6.07) is 3.58. The van der Waals surface area contributed by atoms with Crippen LogP contribution in [0.3, 0.4) is 0 Å². The van der Waals surface area contributed by atoms with E-state index in [9.17, 15) is 0 Å². The summed E-state index contributed by atoms with van der Waals surface area (Å²) in [5.41, 5.74) is 6.91. The summed E-state index contributed by atoms with van der Waals surface area (Å²) in [5.74, 6) is 1.75. The monoisotopic (exact) mass is 280 g/mol. The van der Waals surface area contributed by atoms with Crippen LogP contribution in [-0.2, 0) is 0 Å². The standard InChI is InChI=1S/C13H16N4O.ClH/c14-10-6-7-11(15-8-10)13-16-12(17-18-13)9-4-2-1-3-5-9;/h6-9H,1-5,14H2;1H. The molecule has 19 heavy (non-hydrogen) atoms. The molecule has 2 heterocycles. The summed E-state index contributed by atoms with van der Waals surface area (Å²) in [7, 11) is 0. The average molecular weight is 281 g/mol. The number of aromatic nitrogens is 3. The molecule has 0 radical (unpaired) electrons. The van der Waals surface area contributed by atoms with Crippen molar-refractivity contribution in [2.45, 2.75) is 38.0 Å². The van der Waals surface area contributed by atoms with E-state index in [4.69, 9.17) is 10.3 Å². The van der Waals surface area contributed by atoms with Gasteiger partial charge in [-0.15, -0.1) is 12.4 Å². The van der Waals surface area contributed by atoms with E-state index >= 15 is 0 Å². The van der Waals surface area contributed by atoms with E-state index < -0.39 is 0 Å². The van der Waals surface area contributed by atoms with Crippen LogP contribution in [0.2, 0.25) is 0 Å². The molecule has 0 aromatic carbocycles. The Hall–Kier alpha value is -1.62. The third-order valence-electron chi connectivity index (χ3n) is 3.42. The molecule has 0 amide bonds. The maximum absolute atomic E-state index is 5.60. The normalized spacial score (nSPS) is 16.0. The molecule has 5 nitrogen and oxygen atoms in total. The number of hydrogen-bond acceptors (Lipinski definition) is 5. The van der Waals surface area contributed by atoms with Gasteiger partial charge in [0.25, 0.3) is 5.89 Å². The lowest BCUT2D eigenvalue weighted by Gasteiger charge is -2.17. The van der Waals surface area contributed by atoms with Gasteiger partial charge in [-0.1, -0.05) is 24.4 Å². The van der Waals surface area contributed by atoms with Gasteiger partial charge in [-0.05, 0) is 25.0 Å². The molecule has 1 saturated carbocycles. The SMILES string of the molecule is Cl.Nc1ccc(-c2nc(C3CCCCC3)no2)nc1. The topological polar surface area (TPSA) is 77.8 Å². The molecule has 2 aromatic heterocycles. The number of hydrogen-bond donors (Lipinski definition) is 1. The van der Waals surface area contributed by atoms with Gasteiger partial charge in [0.05, 0.1) is 11.9 Å². The average Bonchev–Trinajstić information content (AvgIpc) is 2.90. The van der Waals surface area contributed by atoms with Gasteiger partial charge in [-0.2, -0.15) is 4.98 Å². The second-order valence-electron chi connectivity index (χ2n) is 4.77. The molecule has 2 N–H and O–H groups in total. The first-order valence-electron chi connectivity index (χ1n) is 6.38. The predicted octanol–water partition coefficient (Wildman–Crippen LogP) is 3.18. The summed E-state index contributed by atoms with van der Waals surface area (Å²) in [5, 5.41) is 4.08. The first-order valence-corrected chi connectivity index (χ1v) is 6.38. The number of halogens is 1. The predicted molar refractivity (Wildman–Crippen MR) is 75.0 cm³/mol. The highest BCUT2D eigenvalue weighted by molar-refractivity contribution is 5.85. The first-order chi connectivity index (χ1) is 8.83. The number of rotatable bonds is 2. The minimum absolute atomic E-state index is 0. The van der Waals surface area contributed by atoms with Gasteiger partial charge in [0.2, 0.25) is 0 Å². The van der Waals surface area contributed by atoms with Crippen LogP contribution in [0.4, 0.5) is 5.69 Å². The molecule has 1 aliphatic carbocycles. The van der Waals surface area contributed by atoms with Gasteiger partial charge in [-0.3, -0.25) is 0 Å². The number of anilines is 1. The molecule has 3 rings (SSSR count). The van der Waals surface area contributed by atoms with Crippen molar-refractivity contribution in [3.8, 4) is 11.6 Å². The Bertz CT molecular complexity index is 520. The van der Waals surface area contributed by atoms with E-state index in [-0.39, 0.29) is 12.4 Å². The van der Waals surface area contributed by atoms with E-state index in [0.29, 0.717) is 23.2 Å². The van der Waals surface area contributed by atoms with Crippen molar-refractivity contribution in [3.05, 3.63) is 24.2 Å². The molecule has 0 bridgehead atoms. The molecular weight excluding hydrogens is 264 g/mol. The van der Waals surface area contributed by atoms with E-state index in [1.165, 1.54) is 19.3 Å². The molecule has 6 heteroatoms. The van der Waals surface area contributed by atoms with Crippen molar-refractivity contribution in [2.75, 3.05) is 5.73 Å². The van der Waals surface area contributed by atoms with Crippen LogP contribution < -0.4 is 5.73 Å². The molecule has 1 fully saturated rings. The zero-order valence-corrected chi connectivity index (χ0v) is 11.4. The van der Waals surface area contributed by atoms with Crippen LogP contribution in [0, 0.1) is 0 Å². The molecule has 0 saturated heterocycles. The van der Waals surface area contributed by atoms with E-state index in [0.717, 1.165) is 18.7 Å². The summed E-state index contributed by atoms with van der Waals surface area (Å²) >= 11 is 0. The summed E-state index contributed by atoms with van der Waals surface area (Å²) in [6.07, 6.45) is 7.76. The van der Waals surface area contributed by atoms with Crippen molar-refractivity contribution in [3.63, 3.8) is 0 Å². The molecule has 102 valence electrons. The Balaban J connectivity index is 0.00000133. The Morgan fingerprint density at radius 1 is 1.16 bits per heavy atom. The maximum atomic E-state index is 5.60. The fourth-order valence-corrected chi connectivity index (χ4v) is 2.40. The quantitative estimate of drug-likeness (QED) is 0.914. The Labute approximate surface area is 118 Å². The lowest BCUT2D eigenvalue weighted by molar-refractivity contribution is 0.385. The molecule has 2 aromatic rings. The molecule has 0 spiro atoms. The second kappa shape index (κ2) is 6.02. The van der Waals surface area contributed by atoms with E-state index in [1.54, 1.807) is 18.3 Å². The van der Waals surface area contributed by atoms with Crippen LogP contribution >= 0.6 is 12.4 Å². The van der Waals surface area contributed by atoms with E-state index in [1.807, 2.05) is 0 Å². The minimum Gasteiger partial charge on any atom is -0.397 e. The highest BCUT2D eigenvalue weighted by Gasteiger charge is 2.21. The van der Waals surface area contributed by atoms with Crippen LogP contribution in [0.5, 0.6) is 0 Å². The zero-order chi connectivity index (χ0) is 12.4. The Morgan fingerprint density at radius 3 is 2.63 bits per heavy atom. The smallest absolute Gasteiger partial charge is 0.276 e. The van der Waals surface area contributed by atoms with Gasteiger partial charge in [0, 0.05) is 5.92 Å². The molecule has 0 aliphatic heterocycles. The number of pyridine rings is 1. The second-order valence-corrected chi connectivity index (χ2v) is 4.77. The van der Waals surface area contributed by atoms with Crippen molar-refractivity contribution >= 4 is 18.1 Å². The number of nitrogens with zero attached hydrogens (tertiary/aromatic N) is 3. The Kier molecular flexibility index (Phi) is 4.37. The number of nitrogen functional groups attached to an aromatic ring is 1. The largest absolute Gasteiger partial charge is 0.397 e. The third kappa shape index (κ3) is 3.04. The first kappa shape index (κ1) is 13.8. The lowest BCUT2D eigenvalue weighted by Crippen LogP contribution is -2.06. The van der Waals surface area contributed by atoms with Crippen molar-refractivity contribution in [1.29, 1.82) is 0 Å². The fraction of sp³-hybridized carbons (Fsp3) is 0.462. The van der Waals surface area contributed by atoms with Crippen LogP contribution in [0.25, 0.3) is 11.6 Å². The summed E-state index contributed by atoms with van der Waals surface area (Å²) < 4.78 is 5.28. The fourth-order valence-electron chi connectivity index (χ4n) is 2.40. The van der Waals surface area contributed by atoms with E-state index in [2.05, 4.69) is 15.1 Å². The van der Waals surface area contributed by atoms with Crippen LogP contribution in [0.1, 0.15) is 43.8 Å². The summed E-state index contributed by atoms with van der Waals surface area (Å²) in [4.78, 5) is 8.64. The van der Waals surface area contributed by atoms with Gasteiger partial charge in [0.15, 0.2) is 5.82 Å². The molecule has 1 aliphatic rings. The highest BCUT2D eigenvalue weighted by atomic mass is 35.5. The molecular formula is C13H17ClN4O. The molecule has 0 atom stereocenters. The van der Waals surface area contributed by atoms with Crippen LogP contribution in [0.15, 0.2) is 22.9 Å². The van der Waals surface area contributed by atoms with Crippen molar-refractivity contribution < 1.29 is 4.52 Å². The van der Waals surface area contributed by atoms with Gasteiger partial charge < -0.3 is 10.3 Å². The summed E-state index contributed by atoms with van der Waals surface area (Å²) in [6.45, 7) is 0. The van der Waals surface area contributed by atoms with Gasteiger partial charge >= 0.3 is 0 Å². The third-order valence-corrected chi connectivity index (χ3v) is 3.42. The minimum atomic E-state index is 0.